The first-order valence-corrected chi connectivity index (χ1v) is 4.74. The second-order valence-electron chi connectivity index (χ2n) is 4.03. The van der Waals surface area contributed by atoms with Gasteiger partial charge < -0.3 is 10.5 Å². The second-order valence-corrected chi connectivity index (χ2v) is 4.03. The van der Waals surface area contributed by atoms with E-state index in [9.17, 15) is 0 Å². The number of hydrogen-bond donors (Lipinski definition) is 1. The van der Waals surface area contributed by atoms with E-state index in [-0.39, 0.29) is 5.54 Å². The van der Waals surface area contributed by atoms with Crippen LogP contribution in [0.5, 0.6) is 0 Å². The molecule has 2 N–H and O–H groups in total. The molecule has 0 bridgehead atoms. The smallest absolute Gasteiger partial charge is 0.0505 e. The van der Waals surface area contributed by atoms with E-state index < -0.39 is 0 Å². The van der Waals surface area contributed by atoms with E-state index in [0.717, 1.165) is 13.0 Å². The Morgan fingerprint density at radius 2 is 1.83 bits per heavy atom. The lowest BCUT2D eigenvalue weighted by molar-refractivity contribution is 0.0965. The quantitative estimate of drug-likeness (QED) is 0.690. The van der Waals surface area contributed by atoms with Crippen molar-refractivity contribution in [2.75, 3.05) is 13.7 Å². The molecule has 0 spiro atoms. The molecule has 0 saturated heterocycles. The minimum absolute atomic E-state index is 0.106. The van der Waals surface area contributed by atoms with Crippen molar-refractivity contribution in [2.24, 2.45) is 17.6 Å². The first kappa shape index (κ1) is 11.9. The van der Waals surface area contributed by atoms with Crippen LogP contribution < -0.4 is 5.73 Å². The zero-order valence-corrected chi connectivity index (χ0v) is 9.05. The van der Waals surface area contributed by atoms with Crippen LogP contribution in [-0.2, 0) is 4.74 Å². The predicted octanol–water partition coefficient (Wildman–Crippen LogP) is 2.03. The fourth-order valence-electron chi connectivity index (χ4n) is 1.36. The Labute approximate surface area is 76.5 Å². The molecule has 2 heteroatoms. The van der Waals surface area contributed by atoms with Crippen LogP contribution in [0.3, 0.4) is 0 Å². The standard InChI is InChI=1S/C10H23NO/c1-6-8(2)10(4,11)9(3)7-12-5/h8-9H,6-7,11H2,1-5H3. The van der Waals surface area contributed by atoms with Crippen molar-refractivity contribution in [3.63, 3.8) is 0 Å². The lowest BCUT2D eigenvalue weighted by Gasteiger charge is -2.36. The van der Waals surface area contributed by atoms with Crippen molar-refractivity contribution in [3.8, 4) is 0 Å². The molecule has 74 valence electrons. The summed E-state index contributed by atoms with van der Waals surface area (Å²) < 4.78 is 5.10. The third kappa shape index (κ3) is 2.76. The molecule has 3 atom stereocenters. The van der Waals surface area contributed by atoms with Gasteiger partial charge in [-0.3, -0.25) is 0 Å². The van der Waals surface area contributed by atoms with E-state index in [0.29, 0.717) is 11.8 Å². The van der Waals surface area contributed by atoms with Crippen LogP contribution >= 0.6 is 0 Å². The first-order chi connectivity index (χ1) is 5.46. The highest BCUT2D eigenvalue weighted by molar-refractivity contribution is 4.88. The van der Waals surface area contributed by atoms with Gasteiger partial charge in [0.05, 0.1) is 6.61 Å². The molecule has 0 saturated carbocycles. The maximum absolute atomic E-state index is 6.22. The zero-order chi connectivity index (χ0) is 9.78. The van der Waals surface area contributed by atoms with Gasteiger partial charge in [-0.15, -0.1) is 0 Å². The minimum atomic E-state index is -0.106. The van der Waals surface area contributed by atoms with Gasteiger partial charge in [0.25, 0.3) is 0 Å². The monoisotopic (exact) mass is 173 g/mol. The van der Waals surface area contributed by atoms with Crippen LogP contribution in [-0.4, -0.2) is 19.3 Å². The molecule has 2 nitrogen and oxygen atoms in total. The highest BCUT2D eigenvalue weighted by atomic mass is 16.5. The van der Waals surface area contributed by atoms with Crippen LogP contribution in [0.1, 0.15) is 34.1 Å². The van der Waals surface area contributed by atoms with Gasteiger partial charge in [-0.25, -0.2) is 0 Å². The molecular formula is C10H23NO. The SMILES string of the molecule is CCC(C)C(C)(N)C(C)COC. The molecule has 0 aromatic heterocycles. The highest BCUT2D eigenvalue weighted by Gasteiger charge is 2.31. The molecule has 0 fully saturated rings. The number of ether oxygens (including phenoxy) is 1. The maximum atomic E-state index is 6.22. The Morgan fingerprint density at radius 1 is 1.33 bits per heavy atom. The fraction of sp³-hybridized carbons (Fsp3) is 1.00. The molecule has 0 aromatic rings. The van der Waals surface area contributed by atoms with Crippen LogP contribution in [0.25, 0.3) is 0 Å². The Hall–Kier alpha value is -0.0800. The first-order valence-electron chi connectivity index (χ1n) is 4.74. The molecule has 0 amide bonds. The summed E-state index contributed by atoms with van der Waals surface area (Å²) in [7, 11) is 1.73. The average molecular weight is 173 g/mol. The summed E-state index contributed by atoms with van der Waals surface area (Å²) in [6.07, 6.45) is 1.13. The zero-order valence-electron chi connectivity index (χ0n) is 9.05. The second kappa shape index (κ2) is 4.83. The molecule has 0 aliphatic rings. The largest absolute Gasteiger partial charge is 0.384 e. The van der Waals surface area contributed by atoms with Crippen molar-refractivity contribution in [1.82, 2.24) is 0 Å². The summed E-state index contributed by atoms with van der Waals surface area (Å²) in [5.74, 6) is 0.958. The van der Waals surface area contributed by atoms with E-state index in [1.165, 1.54) is 0 Å². The highest BCUT2D eigenvalue weighted by Crippen LogP contribution is 2.25. The molecule has 0 rings (SSSR count). The van der Waals surface area contributed by atoms with Crippen molar-refractivity contribution >= 4 is 0 Å². The van der Waals surface area contributed by atoms with Crippen LogP contribution in [0.2, 0.25) is 0 Å². The number of hydrogen-bond acceptors (Lipinski definition) is 2. The Balaban J connectivity index is 4.16. The van der Waals surface area contributed by atoms with Crippen molar-refractivity contribution < 1.29 is 4.74 Å². The summed E-state index contributed by atoms with van der Waals surface area (Å²) in [5.41, 5.74) is 6.11. The molecule has 0 aliphatic carbocycles. The lowest BCUT2D eigenvalue weighted by Crippen LogP contribution is -2.50. The van der Waals surface area contributed by atoms with Gasteiger partial charge in [-0.1, -0.05) is 27.2 Å². The van der Waals surface area contributed by atoms with Gasteiger partial charge in [0.15, 0.2) is 0 Å². The Kier molecular flexibility index (Phi) is 4.80. The Morgan fingerprint density at radius 3 is 2.17 bits per heavy atom. The lowest BCUT2D eigenvalue weighted by atomic mass is 9.77. The van der Waals surface area contributed by atoms with Gasteiger partial charge in [-0.2, -0.15) is 0 Å². The summed E-state index contributed by atoms with van der Waals surface area (Å²) in [4.78, 5) is 0. The third-order valence-electron chi connectivity index (χ3n) is 3.15. The molecule has 12 heavy (non-hydrogen) atoms. The topological polar surface area (TPSA) is 35.2 Å². The van der Waals surface area contributed by atoms with Crippen molar-refractivity contribution in [2.45, 2.75) is 39.7 Å². The van der Waals surface area contributed by atoms with E-state index >= 15 is 0 Å². The van der Waals surface area contributed by atoms with Gasteiger partial charge in [-0.05, 0) is 18.8 Å². The predicted molar refractivity (Wildman–Crippen MR) is 53.1 cm³/mol. The van der Waals surface area contributed by atoms with E-state index in [4.69, 9.17) is 10.5 Å². The van der Waals surface area contributed by atoms with E-state index in [2.05, 4.69) is 27.7 Å². The van der Waals surface area contributed by atoms with Gasteiger partial charge in [0, 0.05) is 12.6 Å². The third-order valence-corrected chi connectivity index (χ3v) is 3.15. The number of methoxy groups -OCH3 is 1. The van der Waals surface area contributed by atoms with Gasteiger partial charge >= 0.3 is 0 Å². The van der Waals surface area contributed by atoms with Crippen LogP contribution in [0, 0.1) is 11.8 Å². The van der Waals surface area contributed by atoms with Crippen LogP contribution in [0.15, 0.2) is 0 Å². The normalized spacial score (nSPS) is 21.5. The van der Waals surface area contributed by atoms with Crippen molar-refractivity contribution in [1.29, 1.82) is 0 Å². The van der Waals surface area contributed by atoms with Crippen LogP contribution in [0.4, 0.5) is 0 Å². The average Bonchev–Trinajstić information content (AvgIpc) is 2.03. The summed E-state index contributed by atoms with van der Waals surface area (Å²) in [6.45, 7) is 9.39. The molecule has 0 aliphatic heterocycles. The molecule has 0 radical (unpaired) electrons. The Bertz CT molecular complexity index is 123. The molecular weight excluding hydrogens is 150 g/mol. The number of nitrogens with two attached hydrogens (primary N) is 1. The molecule has 0 aromatic carbocycles. The summed E-state index contributed by atoms with van der Waals surface area (Å²) >= 11 is 0. The fourth-order valence-corrected chi connectivity index (χ4v) is 1.36. The van der Waals surface area contributed by atoms with E-state index in [1.807, 2.05) is 0 Å². The van der Waals surface area contributed by atoms with E-state index in [1.54, 1.807) is 7.11 Å². The van der Waals surface area contributed by atoms with Crippen molar-refractivity contribution in [3.05, 3.63) is 0 Å². The molecule has 3 unspecified atom stereocenters. The summed E-state index contributed by atoms with van der Waals surface area (Å²) in [5, 5.41) is 0. The maximum Gasteiger partial charge on any atom is 0.0505 e. The van der Waals surface area contributed by atoms with Gasteiger partial charge in [0.2, 0.25) is 0 Å². The summed E-state index contributed by atoms with van der Waals surface area (Å²) in [6, 6.07) is 0. The number of rotatable bonds is 5. The van der Waals surface area contributed by atoms with Gasteiger partial charge in [0.1, 0.15) is 0 Å². The minimum Gasteiger partial charge on any atom is -0.384 e. The molecule has 0 heterocycles.